The molecule has 2 rings (SSSR count). The Morgan fingerprint density at radius 1 is 1.20 bits per heavy atom. The second kappa shape index (κ2) is 8.25. The number of hydrogen-bond acceptors (Lipinski definition) is 5. The van der Waals surface area contributed by atoms with Crippen molar-refractivity contribution in [2.24, 2.45) is 11.7 Å². The Labute approximate surface area is 144 Å². The first-order valence-electron chi connectivity index (χ1n) is 7.89. The van der Waals surface area contributed by atoms with Crippen LogP contribution in [0.15, 0.2) is 24.3 Å². The fraction of sp³-hybridized carbons (Fsp3) is 0.375. The van der Waals surface area contributed by atoms with E-state index in [-0.39, 0.29) is 49.7 Å². The van der Waals surface area contributed by atoms with Gasteiger partial charge in [0.1, 0.15) is 0 Å². The molecule has 9 nitrogen and oxygen atoms in total. The summed E-state index contributed by atoms with van der Waals surface area (Å²) in [5.74, 6) is -1.12. The molecular weight excluding hydrogens is 326 g/mol. The van der Waals surface area contributed by atoms with E-state index >= 15 is 0 Å². The second-order valence-corrected chi connectivity index (χ2v) is 5.71. The van der Waals surface area contributed by atoms with Crippen LogP contribution in [-0.4, -0.2) is 48.3 Å². The number of hydrogen-bond donors (Lipinski definition) is 4. The molecule has 1 fully saturated rings. The van der Waals surface area contributed by atoms with Crippen molar-refractivity contribution in [1.82, 2.24) is 10.2 Å². The van der Waals surface area contributed by atoms with Crippen LogP contribution >= 0.6 is 0 Å². The number of rotatable bonds is 7. The summed E-state index contributed by atoms with van der Waals surface area (Å²) in [7, 11) is 0. The summed E-state index contributed by atoms with van der Waals surface area (Å²) in [4.78, 5) is 47.5. The fourth-order valence-electron chi connectivity index (χ4n) is 2.13. The summed E-state index contributed by atoms with van der Waals surface area (Å²) < 4.78 is 0. The van der Waals surface area contributed by atoms with Crippen LogP contribution in [0.3, 0.4) is 0 Å². The lowest BCUT2D eigenvalue weighted by Gasteiger charge is -2.13. The van der Waals surface area contributed by atoms with Crippen LogP contribution < -0.4 is 21.7 Å². The quantitative estimate of drug-likeness (QED) is 0.519. The van der Waals surface area contributed by atoms with E-state index in [1.807, 2.05) is 0 Å². The largest absolute Gasteiger partial charge is 0.330 e. The second-order valence-electron chi connectivity index (χ2n) is 5.71. The molecule has 5 N–H and O–H groups in total. The number of imide groups is 1. The van der Waals surface area contributed by atoms with Crippen LogP contribution in [-0.2, 0) is 14.4 Å². The van der Waals surface area contributed by atoms with Gasteiger partial charge in [-0.3, -0.25) is 19.3 Å². The topological polar surface area (TPSA) is 134 Å². The molecule has 1 atom stereocenters. The highest BCUT2D eigenvalue weighted by atomic mass is 16.2. The zero-order valence-corrected chi connectivity index (χ0v) is 13.9. The first-order chi connectivity index (χ1) is 11.9. The Morgan fingerprint density at radius 3 is 2.32 bits per heavy atom. The SMILES string of the molecule is CC(CN)C(=O)Nc1ccc(NC(=O)CCN2C(=O)CNC2=O)cc1. The van der Waals surface area contributed by atoms with E-state index in [0.29, 0.717) is 11.4 Å². The molecule has 1 heterocycles. The molecule has 1 aromatic carbocycles. The Morgan fingerprint density at radius 2 is 1.80 bits per heavy atom. The van der Waals surface area contributed by atoms with E-state index in [1.165, 1.54) is 0 Å². The minimum atomic E-state index is -0.482. The molecule has 1 aliphatic heterocycles. The van der Waals surface area contributed by atoms with Gasteiger partial charge < -0.3 is 21.7 Å². The van der Waals surface area contributed by atoms with Crippen LogP contribution in [0.5, 0.6) is 0 Å². The summed E-state index contributed by atoms with van der Waals surface area (Å²) in [5.41, 5.74) is 6.59. The van der Waals surface area contributed by atoms with Crippen molar-refractivity contribution in [3.05, 3.63) is 24.3 Å². The van der Waals surface area contributed by atoms with E-state index in [2.05, 4.69) is 16.0 Å². The van der Waals surface area contributed by atoms with Crippen molar-refractivity contribution in [3.63, 3.8) is 0 Å². The molecule has 1 unspecified atom stereocenters. The average molecular weight is 347 g/mol. The van der Waals surface area contributed by atoms with Gasteiger partial charge in [0.2, 0.25) is 17.7 Å². The highest BCUT2D eigenvalue weighted by Gasteiger charge is 2.28. The first-order valence-corrected chi connectivity index (χ1v) is 7.89. The van der Waals surface area contributed by atoms with Crippen molar-refractivity contribution in [1.29, 1.82) is 0 Å². The van der Waals surface area contributed by atoms with Gasteiger partial charge in [-0.15, -0.1) is 0 Å². The zero-order chi connectivity index (χ0) is 18.4. The van der Waals surface area contributed by atoms with Gasteiger partial charge >= 0.3 is 6.03 Å². The molecule has 5 amide bonds. The molecule has 0 saturated carbocycles. The van der Waals surface area contributed by atoms with E-state index in [1.54, 1.807) is 31.2 Å². The Hall–Kier alpha value is -2.94. The number of amides is 5. The first kappa shape index (κ1) is 18.4. The van der Waals surface area contributed by atoms with E-state index in [4.69, 9.17) is 5.73 Å². The lowest BCUT2D eigenvalue weighted by atomic mass is 10.1. The number of urea groups is 1. The smallest absolute Gasteiger partial charge is 0.324 e. The predicted octanol–water partition coefficient (Wildman–Crippen LogP) is 0.100. The highest BCUT2D eigenvalue weighted by Crippen LogP contribution is 2.15. The van der Waals surface area contributed by atoms with Gasteiger partial charge in [0, 0.05) is 36.8 Å². The molecule has 1 saturated heterocycles. The van der Waals surface area contributed by atoms with Gasteiger partial charge in [0.05, 0.1) is 6.54 Å². The highest BCUT2D eigenvalue weighted by molar-refractivity contribution is 6.02. The Kier molecular flexibility index (Phi) is 6.07. The number of nitrogens with one attached hydrogen (secondary N) is 3. The lowest BCUT2D eigenvalue weighted by molar-refractivity contribution is -0.125. The van der Waals surface area contributed by atoms with Crippen LogP contribution in [0, 0.1) is 5.92 Å². The van der Waals surface area contributed by atoms with Gasteiger partial charge in [-0.1, -0.05) is 6.92 Å². The molecule has 0 aliphatic carbocycles. The van der Waals surface area contributed by atoms with E-state index < -0.39 is 6.03 Å². The molecule has 134 valence electrons. The molecular formula is C16H21N5O4. The minimum Gasteiger partial charge on any atom is -0.330 e. The van der Waals surface area contributed by atoms with Crippen LogP contribution in [0.4, 0.5) is 16.2 Å². The molecule has 1 aromatic rings. The molecule has 9 heteroatoms. The molecule has 0 radical (unpaired) electrons. The maximum atomic E-state index is 11.9. The standard InChI is InChI=1S/C16H21N5O4/c1-10(8-17)15(24)20-12-4-2-11(3-5-12)19-13(22)6-7-21-14(23)9-18-16(21)25/h2-5,10H,6-9,17H2,1H3,(H,18,25)(H,19,22)(H,20,24). The summed E-state index contributed by atoms with van der Waals surface area (Å²) in [6.45, 7) is 1.99. The van der Waals surface area contributed by atoms with E-state index in [0.717, 1.165) is 4.90 Å². The molecule has 25 heavy (non-hydrogen) atoms. The minimum absolute atomic E-state index is 0.00562. The normalized spacial score (nSPS) is 14.9. The van der Waals surface area contributed by atoms with Gasteiger partial charge in [0.25, 0.3) is 0 Å². The van der Waals surface area contributed by atoms with Crippen LogP contribution in [0.2, 0.25) is 0 Å². The van der Waals surface area contributed by atoms with Crippen molar-refractivity contribution in [3.8, 4) is 0 Å². The van der Waals surface area contributed by atoms with Crippen molar-refractivity contribution in [2.45, 2.75) is 13.3 Å². The van der Waals surface area contributed by atoms with Crippen molar-refractivity contribution < 1.29 is 19.2 Å². The lowest BCUT2D eigenvalue weighted by Crippen LogP contribution is -2.33. The predicted molar refractivity (Wildman–Crippen MR) is 91.6 cm³/mol. The van der Waals surface area contributed by atoms with Gasteiger partial charge in [0.15, 0.2) is 0 Å². The number of carbonyl (C=O) groups is 4. The fourth-order valence-corrected chi connectivity index (χ4v) is 2.13. The Balaban J connectivity index is 1.82. The Bertz CT molecular complexity index is 658. The third-order valence-electron chi connectivity index (χ3n) is 3.74. The van der Waals surface area contributed by atoms with Gasteiger partial charge in [-0.2, -0.15) is 0 Å². The molecule has 0 spiro atoms. The summed E-state index contributed by atoms with van der Waals surface area (Å²) >= 11 is 0. The molecule has 0 aromatic heterocycles. The summed E-state index contributed by atoms with van der Waals surface area (Å²) in [6, 6.07) is 6.13. The molecule has 0 bridgehead atoms. The number of nitrogens with zero attached hydrogens (tertiary/aromatic N) is 1. The molecule has 1 aliphatic rings. The van der Waals surface area contributed by atoms with Gasteiger partial charge in [-0.05, 0) is 24.3 Å². The zero-order valence-electron chi connectivity index (χ0n) is 13.9. The number of benzene rings is 1. The maximum absolute atomic E-state index is 11.9. The number of nitrogens with two attached hydrogens (primary N) is 1. The summed E-state index contributed by atoms with van der Waals surface area (Å²) in [6.07, 6.45) is 0.00562. The monoisotopic (exact) mass is 347 g/mol. The third kappa shape index (κ3) is 5.01. The van der Waals surface area contributed by atoms with Crippen LogP contribution in [0.25, 0.3) is 0 Å². The van der Waals surface area contributed by atoms with Crippen molar-refractivity contribution >= 4 is 35.1 Å². The summed E-state index contributed by atoms with van der Waals surface area (Å²) in [5, 5.41) is 7.78. The average Bonchev–Trinajstić information content (AvgIpc) is 2.92. The third-order valence-corrected chi connectivity index (χ3v) is 3.74. The van der Waals surface area contributed by atoms with E-state index in [9.17, 15) is 19.2 Å². The number of anilines is 2. The van der Waals surface area contributed by atoms with Crippen molar-refractivity contribution in [2.75, 3.05) is 30.3 Å². The van der Waals surface area contributed by atoms with Gasteiger partial charge in [-0.25, -0.2) is 4.79 Å². The van der Waals surface area contributed by atoms with Crippen LogP contribution in [0.1, 0.15) is 13.3 Å². The maximum Gasteiger partial charge on any atom is 0.324 e. The number of carbonyl (C=O) groups excluding carboxylic acids is 4.